The molecular formula is C9H11IN2OS. The van der Waals surface area contributed by atoms with E-state index in [1.165, 1.54) is 0 Å². The monoisotopic (exact) mass is 322 g/mol. The van der Waals surface area contributed by atoms with Crippen molar-refractivity contribution in [3.63, 3.8) is 0 Å². The topological polar surface area (TPSA) is 33.2 Å². The Morgan fingerprint density at radius 1 is 1.36 bits per heavy atom. The summed E-state index contributed by atoms with van der Waals surface area (Å²) >= 11 is 2.24. The predicted octanol–water partition coefficient (Wildman–Crippen LogP) is 1.25. The first kappa shape index (κ1) is 10.4. The van der Waals surface area contributed by atoms with E-state index in [0.717, 1.165) is 34.0 Å². The van der Waals surface area contributed by atoms with Gasteiger partial charge >= 0.3 is 0 Å². The molecule has 0 amide bonds. The summed E-state index contributed by atoms with van der Waals surface area (Å²) in [6.07, 6.45) is 1.86. The lowest BCUT2D eigenvalue weighted by Gasteiger charge is -2.27. The highest BCUT2D eigenvalue weighted by Gasteiger charge is 2.15. The molecular weight excluding hydrogens is 311 g/mol. The maximum absolute atomic E-state index is 11.2. The minimum atomic E-state index is -0.610. The molecule has 1 saturated heterocycles. The van der Waals surface area contributed by atoms with Crippen molar-refractivity contribution in [1.82, 2.24) is 4.98 Å². The van der Waals surface area contributed by atoms with Crippen LogP contribution >= 0.6 is 22.6 Å². The van der Waals surface area contributed by atoms with Crippen molar-refractivity contribution in [2.45, 2.75) is 0 Å². The van der Waals surface area contributed by atoms with Crippen molar-refractivity contribution in [2.24, 2.45) is 0 Å². The molecule has 1 aliphatic rings. The van der Waals surface area contributed by atoms with E-state index in [-0.39, 0.29) is 0 Å². The molecule has 0 unspecified atom stereocenters. The average Bonchev–Trinajstić information content (AvgIpc) is 2.21. The molecule has 0 aromatic carbocycles. The zero-order chi connectivity index (χ0) is 9.97. The molecule has 0 bridgehead atoms. The van der Waals surface area contributed by atoms with E-state index >= 15 is 0 Å². The molecule has 0 spiro atoms. The Morgan fingerprint density at radius 2 is 2.07 bits per heavy atom. The highest BCUT2D eigenvalue weighted by atomic mass is 127. The molecule has 1 fully saturated rings. The number of hydrogen-bond donors (Lipinski definition) is 0. The molecule has 3 nitrogen and oxygen atoms in total. The Bertz CT molecular complexity index is 331. The zero-order valence-corrected chi connectivity index (χ0v) is 10.6. The number of rotatable bonds is 1. The summed E-state index contributed by atoms with van der Waals surface area (Å²) in [6, 6.07) is 4.07. The maximum atomic E-state index is 11.2. The van der Waals surface area contributed by atoms with Crippen LogP contribution in [-0.2, 0) is 10.8 Å². The molecule has 76 valence electrons. The molecule has 1 aliphatic heterocycles. The number of halogens is 1. The van der Waals surface area contributed by atoms with E-state index in [0.29, 0.717) is 0 Å². The van der Waals surface area contributed by atoms with Crippen LogP contribution in [0.3, 0.4) is 0 Å². The van der Waals surface area contributed by atoms with Gasteiger partial charge < -0.3 is 4.90 Å². The zero-order valence-electron chi connectivity index (χ0n) is 7.65. The first-order valence-electron chi connectivity index (χ1n) is 4.47. The highest BCUT2D eigenvalue weighted by Crippen LogP contribution is 2.14. The number of pyridine rings is 1. The molecule has 0 N–H and O–H groups in total. The lowest BCUT2D eigenvalue weighted by atomic mass is 10.4. The summed E-state index contributed by atoms with van der Waals surface area (Å²) < 4.78 is 12.3. The van der Waals surface area contributed by atoms with Gasteiger partial charge in [0.2, 0.25) is 0 Å². The molecule has 2 heterocycles. The van der Waals surface area contributed by atoms with Crippen molar-refractivity contribution in [3.8, 4) is 0 Å². The van der Waals surface area contributed by atoms with Crippen molar-refractivity contribution >= 4 is 39.2 Å². The summed E-state index contributed by atoms with van der Waals surface area (Å²) in [6.45, 7) is 1.72. The van der Waals surface area contributed by atoms with Crippen LogP contribution in [0.4, 0.5) is 5.82 Å². The van der Waals surface area contributed by atoms with E-state index in [9.17, 15) is 4.21 Å². The summed E-state index contributed by atoms with van der Waals surface area (Å²) in [5, 5.41) is 0. The number of anilines is 1. The van der Waals surface area contributed by atoms with Gasteiger partial charge in [0.1, 0.15) is 5.82 Å². The molecule has 2 rings (SSSR count). The van der Waals surface area contributed by atoms with Crippen molar-refractivity contribution in [1.29, 1.82) is 0 Å². The summed E-state index contributed by atoms with van der Waals surface area (Å²) in [7, 11) is -0.610. The van der Waals surface area contributed by atoms with Crippen molar-refractivity contribution in [3.05, 3.63) is 21.9 Å². The van der Waals surface area contributed by atoms with Gasteiger partial charge in [-0.2, -0.15) is 0 Å². The van der Waals surface area contributed by atoms with Crippen LogP contribution in [0.5, 0.6) is 0 Å². The minimum absolute atomic E-state index is 0.610. The number of nitrogens with zero attached hydrogens (tertiary/aromatic N) is 2. The van der Waals surface area contributed by atoms with Gasteiger partial charge in [-0.25, -0.2) is 4.98 Å². The lowest BCUT2D eigenvalue weighted by Crippen LogP contribution is -2.38. The fourth-order valence-electron chi connectivity index (χ4n) is 1.42. The standard InChI is InChI=1S/C9H11IN2OS/c10-8-1-2-9(11-7-8)12-3-5-14(13)6-4-12/h1-2,7H,3-6H2. The number of hydrogen-bond acceptors (Lipinski definition) is 3. The quantitative estimate of drug-likeness (QED) is 0.730. The van der Waals surface area contributed by atoms with E-state index in [1.54, 1.807) is 0 Å². The summed E-state index contributed by atoms with van der Waals surface area (Å²) in [5.74, 6) is 2.54. The van der Waals surface area contributed by atoms with Crippen LogP contribution < -0.4 is 4.90 Å². The molecule has 1 aromatic rings. The lowest BCUT2D eigenvalue weighted by molar-refractivity contribution is 0.672. The van der Waals surface area contributed by atoms with Crippen molar-refractivity contribution < 1.29 is 4.21 Å². The van der Waals surface area contributed by atoms with Gasteiger partial charge in [-0.15, -0.1) is 0 Å². The second-order valence-corrected chi connectivity index (χ2v) is 6.11. The first-order chi connectivity index (χ1) is 6.75. The van der Waals surface area contributed by atoms with E-state index in [4.69, 9.17) is 0 Å². The van der Waals surface area contributed by atoms with Gasteiger partial charge in [0.25, 0.3) is 0 Å². The number of aromatic nitrogens is 1. The van der Waals surface area contributed by atoms with Crippen LogP contribution in [0, 0.1) is 3.57 Å². The predicted molar refractivity (Wildman–Crippen MR) is 67.0 cm³/mol. The average molecular weight is 322 g/mol. The van der Waals surface area contributed by atoms with Crippen LogP contribution in [-0.4, -0.2) is 33.8 Å². The Kier molecular flexibility index (Phi) is 3.38. The van der Waals surface area contributed by atoms with Crippen LogP contribution in [0.25, 0.3) is 0 Å². The molecule has 0 saturated carbocycles. The Balaban J connectivity index is 2.08. The second-order valence-electron chi connectivity index (χ2n) is 3.17. The van der Waals surface area contributed by atoms with E-state index < -0.39 is 10.8 Å². The van der Waals surface area contributed by atoms with Crippen LogP contribution in [0.15, 0.2) is 18.3 Å². The Hall–Kier alpha value is -0.170. The third kappa shape index (κ3) is 2.44. The molecule has 0 radical (unpaired) electrons. The van der Waals surface area contributed by atoms with E-state index in [1.807, 2.05) is 12.3 Å². The van der Waals surface area contributed by atoms with Gasteiger partial charge in [-0.1, -0.05) is 0 Å². The molecule has 1 aromatic heterocycles. The fraction of sp³-hybridized carbons (Fsp3) is 0.444. The third-order valence-electron chi connectivity index (χ3n) is 2.21. The third-order valence-corrected chi connectivity index (χ3v) is 4.13. The Labute approximate surface area is 99.5 Å². The molecule has 0 atom stereocenters. The summed E-state index contributed by atoms with van der Waals surface area (Å²) in [4.78, 5) is 6.54. The minimum Gasteiger partial charge on any atom is -0.355 e. The normalized spacial score (nSPS) is 18.5. The molecule has 0 aliphatic carbocycles. The van der Waals surface area contributed by atoms with Gasteiger partial charge in [0, 0.05) is 45.2 Å². The Morgan fingerprint density at radius 3 is 2.64 bits per heavy atom. The van der Waals surface area contributed by atoms with Crippen molar-refractivity contribution in [2.75, 3.05) is 29.5 Å². The second kappa shape index (κ2) is 4.57. The van der Waals surface area contributed by atoms with E-state index in [2.05, 4.69) is 38.5 Å². The highest BCUT2D eigenvalue weighted by molar-refractivity contribution is 14.1. The fourth-order valence-corrected chi connectivity index (χ4v) is 2.79. The molecule has 5 heteroatoms. The van der Waals surface area contributed by atoms with Gasteiger partial charge in [-0.05, 0) is 34.7 Å². The van der Waals surface area contributed by atoms with Gasteiger partial charge in [0.15, 0.2) is 0 Å². The van der Waals surface area contributed by atoms with Crippen LogP contribution in [0.2, 0.25) is 0 Å². The first-order valence-corrected chi connectivity index (χ1v) is 7.04. The molecule has 14 heavy (non-hydrogen) atoms. The SMILES string of the molecule is O=S1CCN(c2ccc(I)cn2)CC1. The van der Waals surface area contributed by atoms with Gasteiger partial charge in [-0.3, -0.25) is 4.21 Å². The largest absolute Gasteiger partial charge is 0.355 e. The maximum Gasteiger partial charge on any atom is 0.128 e. The summed E-state index contributed by atoms with van der Waals surface area (Å²) in [5.41, 5.74) is 0. The van der Waals surface area contributed by atoms with Crippen LogP contribution in [0.1, 0.15) is 0 Å². The smallest absolute Gasteiger partial charge is 0.128 e. The van der Waals surface area contributed by atoms with Gasteiger partial charge in [0.05, 0.1) is 0 Å².